The van der Waals surface area contributed by atoms with Crippen molar-refractivity contribution in [3.05, 3.63) is 0 Å². The van der Waals surface area contributed by atoms with Gasteiger partial charge in [-0.15, -0.1) is 0 Å². The molecule has 0 aromatic rings. The maximum absolute atomic E-state index is 9.02. The Bertz CT molecular complexity index is 98.1. The van der Waals surface area contributed by atoms with Crippen LogP contribution in [0.4, 0.5) is 0 Å². The Morgan fingerprint density at radius 2 is 1.43 bits per heavy atom. The molecular weight excluding hydrogens is 337 g/mol. The largest absolute Gasteiger partial charge is 2.00 e. The van der Waals surface area contributed by atoms with E-state index in [1.54, 1.807) is 0 Å². The van der Waals surface area contributed by atoms with Gasteiger partial charge in [0.05, 0.1) is 0 Å². The second-order valence-electron chi connectivity index (χ2n) is 0.408. The van der Waals surface area contributed by atoms with Crippen LogP contribution in [0, 0.1) is 0 Å². The van der Waals surface area contributed by atoms with Crippen LogP contribution in [0.1, 0.15) is 0 Å². The third kappa shape index (κ3) is 73.0. The summed E-state index contributed by atoms with van der Waals surface area (Å²) < 4.78 is 27.1. The Balaban J connectivity index is -0.0000000800. The minimum absolute atomic E-state index is 0. The molecule has 0 heterocycles. The number of hydrogen-bond donors (Lipinski definition) is 0. The molecule has 0 saturated heterocycles. The minimum atomic E-state index is -4.04. The first-order chi connectivity index (χ1) is 2.00. The molecule has 0 bridgehead atoms. The van der Waals surface area contributed by atoms with Gasteiger partial charge in [-0.3, -0.25) is 0 Å². The van der Waals surface area contributed by atoms with E-state index in [4.69, 9.17) is 13.0 Å². The SMILES string of the molecule is O=S(=O)([O-])[Se-].[Cd].[Zn+2]. The third-order valence-electron chi connectivity index (χ3n) is 0. The fraction of sp³-hybridized carbons (Fsp3) is 0. The maximum atomic E-state index is 9.02. The Hall–Kier alpha value is 1.97. The van der Waals surface area contributed by atoms with Crippen molar-refractivity contribution in [3.8, 4) is 0 Å². The summed E-state index contributed by atoms with van der Waals surface area (Å²) in [7, 11) is -4.04. The summed E-state index contributed by atoms with van der Waals surface area (Å²) in [6.45, 7) is 0. The van der Waals surface area contributed by atoms with E-state index >= 15 is 0 Å². The van der Waals surface area contributed by atoms with Crippen molar-refractivity contribution in [1.29, 1.82) is 0 Å². The van der Waals surface area contributed by atoms with E-state index in [2.05, 4.69) is 0 Å². The monoisotopic (exact) mass is 338 g/mol. The van der Waals surface area contributed by atoms with Gasteiger partial charge in [0.1, 0.15) is 0 Å². The van der Waals surface area contributed by atoms with Crippen molar-refractivity contribution < 1.29 is 59.7 Å². The molecule has 0 aromatic carbocycles. The second kappa shape index (κ2) is 6.10. The Kier molecular flexibility index (Phi) is 13.9. The smallest absolute Gasteiger partial charge is 0 e. The van der Waals surface area contributed by atoms with E-state index < -0.39 is 8.54 Å². The van der Waals surface area contributed by atoms with Crippen molar-refractivity contribution in [1.82, 2.24) is 0 Å². The fourth-order valence-electron chi connectivity index (χ4n) is 0. The summed E-state index contributed by atoms with van der Waals surface area (Å²) in [5, 5.41) is 0. The summed E-state index contributed by atoms with van der Waals surface area (Å²) in [6, 6.07) is 0. The van der Waals surface area contributed by atoms with Crippen molar-refractivity contribution in [2.24, 2.45) is 0 Å². The first-order valence-corrected chi connectivity index (χ1v) is 4.10. The normalized spacial score (nSPS) is 8.29. The van der Waals surface area contributed by atoms with Gasteiger partial charge in [0.2, 0.25) is 0 Å². The predicted octanol–water partition coefficient (Wildman–Crippen LogP) is -1.39. The second-order valence-corrected chi connectivity index (χ2v) is 3.79. The van der Waals surface area contributed by atoms with Gasteiger partial charge < -0.3 is 0 Å². The molecule has 0 spiro atoms. The standard InChI is InChI=1S/Cd.H2O3SSe.Zn/c;1-4(2,3)5;/h;(H2,1,2,3,5);/q;;+2/p-2. The zero-order chi connectivity index (χ0) is 4.50. The van der Waals surface area contributed by atoms with Gasteiger partial charge in [0, 0.05) is 27.3 Å². The summed E-state index contributed by atoms with van der Waals surface area (Å²) in [6.07, 6.45) is 0. The summed E-state index contributed by atoms with van der Waals surface area (Å²) >= 11 is 1.40. The molecule has 0 atom stereocenters. The zero-order valence-corrected chi connectivity index (χ0v) is 13.0. The van der Waals surface area contributed by atoms with E-state index in [0.717, 1.165) is 0 Å². The van der Waals surface area contributed by atoms with Crippen LogP contribution >= 0.6 is 0 Å². The molecule has 0 aliphatic heterocycles. The first kappa shape index (κ1) is 16.0. The Labute approximate surface area is 82.2 Å². The summed E-state index contributed by atoms with van der Waals surface area (Å²) in [5.41, 5.74) is 0. The molecule has 0 radical (unpaired) electrons. The van der Waals surface area contributed by atoms with Crippen LogP contribution in [0.25, 0.3) is 0 Å². The van der Waals surface area contributed by atoms with Gasteiger partial charge in [-0.1, -0.05) is 0 Å². The molecule has 0 aliphatic carbocycles. The zero-order valence-electron chi connectivity index (χ0n) is 3.46. The topological polar surface area (TPSA) is 57.2 Å². The van der Waals surface area contributed by atoms with Crippen molar-refractivity contribution in [2.75, 3.05) is 0 Å². The molecule has 0 unspecified atom stereocenters. The minimum Gasteiger partial charge on any atom is 0 e. The molecule has 0 rings (SSSR count). The molecule has 0 aromatic heterocycles. The predicted molar refractivity (Wildman–Crippen MR) is 15.5 cm³/mol. The molecular formula is CdO3SSeZn. The average Bonchev–Trinajstić information content (AvgIpc) is 0.722. The molecule has 34 valence electrons. The van der Waals surface area contributed by atoms with Gasteiger partial charge in [-0.2, -0.15) is 0 Å². The molecule has 3 nitrogen and oxygen atoms in total. The van der Waals surface area contributed by atoms with Gasteiger partial charge in [0.25, 0.3) is 0 Å². The van der Waals surface area contributed by atoms with Gasteiger partial charge >= 0.3 is 55.9 Å². The van der Waals surface area contributed by atoms with E-state index in [9.17, 15) is 0 Å². The third-order valence-corrected chi connectivity index (χ3v) is 0. The summed E-state index contributed by atoms with van der Waals surface area (Å²) in [4.78, 5) is 0. The number of rotatable bonds is 0. The molecule has 0 fully saturated rings. The molecule has 7 heteroatoms. The van der Waals surface area contributed by atoms with Crippen molar-refractivity contribution in [2.45, 2.75) is 0 Å². The van der Waals surface area contributed by atoms with Crippen LogP contribution in [0.15, 0.2) is 0 Å². The Morgan fingerprint density at radius 1 is 1.43 bits per heavy atom. The van der Waals surface area contributed by atoms with Crippen molar-refractivity contribution >= 4 is 23.4 Å². The van der Waals surface area contributed by atoms with Gasteiger partial charge in [-0.05, 0) is 0 Å². The summed E-state index contributed by atoms with van der Waals surface area (Å²) in [5.74, 6) is 0. The van der Waals surface area contributed by atoms with Crippen LogP contribution < -0.4 is 0 Å². The molecule has 0 saturated carbocycles. The van der Waals surface area contributed by atoms with Gasteiger partial charge in [0.15, 0.2) is 0 Å². The van der Waals surface area contributed by atoms with Crippen LogP contribution in [-0.4, -0.2) is 27.9 Å². The molecule has 0 amide bonds. The van der Waals surface area contributed by atoms with Gasteiger partial charge in [-0.25, -0.2) is 0 Å². The van der Waals surface area contributed by atoms with Crippen LogP contribution in [0.3, 0.4) is 0 Å². The van der Waals surface area contributed by atoms with E-state index in [0.29, 0.717) is 0 Å². The quantitative estimate of drug-likeness (QED) is 0.404. The van der Waals surface area contributed by atoms with Crippen LogP contribution in [-0.2, 0) is 55.3 Å². The van der Waals surface area contributed by atoms with Crippen LogP contribution in [0.2, 0.25) is 0 Å². The van der Waals surface area contributed by atoms with E-state index in [1.807, 2.05) is 0 Å². The maximum Gasteiger partial charge on any atom is 2.00 e. The average molecular weight is 337 g/mol. The fourth-order valence-corrected chi connectivity index (χ4v) is 0. The van der Waals surface area contributed by atoms with E-state index in [1.165, 1.54) is 14.9 Å². The first-order valence-electron chi connectivity index (χ1n) is 0.667. The van der Waals surface area contributed by atoms with E-state index in [-0.39, 0.29) is 46.8 Å². The molecule has 0 N–H and O–H groups in total. The van der Waals surface area contributed by atoms with Crippen molar-refractivity contribution in [3.63, 3.8) is 0 Å². The molecule has 0 aliphatic rings. The van der Waals surface area contributed by atoms with Crippen LogP contribution in [0.5, 0.6) is 0 Å². The molecule has 7 heavy (non-hydrogen) atoms. The number of hydrogen-bond acceptors (Lipinski definition) is 3. The Morgan fingerprint density at radius 3 is 1.43 bits per heavy atom.